The van der Waals surface area contributed by atoms with Gasteiger partial charge in [-0.05, 0) is 19.1 Å². The Kier molecular flexibility index (Phi) is 3.60. The fraction of sp³-hybridized carbons (Fsp3) is 0.0769. The number of aromatic hydroxyl groups is 1. The molecule has 0 spiro atoms. The Bertz CT molecular complexity index is 685. The Morgan fingerprint density at radius 2 is 1.90 bits per heavy atom. The predicted octanol–water partition coefficient (Wildman–Crippen LogP) is 1.44. The molecular weight excluding hydrogens is 262 g/mol. The van der Waals surface area contributed by atoms with E-state index in [0.717, 1.165) is 5.56 Å². The summed E-state index contributed by atoms with van der Waals surface area (Å²) in [5, 5.41) is 20.9. The molecule has 0 aliphatic rings. The standard InChI is InChI=1S/C13H11N3O4/c1-7-2-3-9(17)8(6-7)12(18)16-11-10(13(19)20)14-4-5-15-11/h2-6,17H,1H3,(H,19,20)(H,15,16,18). The van der Waals surface area contributed by atoms with Gasteiger partial charge in [-0.3, -0.25) is 4.79 Å². The van der Waals surface area contributed by atoms with Crippen molar-refractivity contribution in [3.05, 3.63) is 47.4 Å². The molecule has 1 amide bonds. The number of phenols is 1. The molecule has 7 heteroatoms. The first-order chi connectivity index (χ1) is 9.49. The largest absolute Gasteiger partial charge is 0.507 e. The Labute approximate surface area is 113 Å². The number of rotatable bonds is 3. The van der Waals surface area contributed by atoms with E-state index < -0.39 is 11.9 Å². The fourth-order valence-corrected chi connectivity index (χ4v) is 1.59. The van der Waals surface area contributed by atoms with Crippen molar-refractivity contribution in [1.82, 2.24) is 9.97 Å². The Hall–Kier alpha value is -2.96. The molecule has 1 aromatic carbocycles. The molecule has 0 aliphatic heterocycles. The normalized spacial score (nSPS) is 10.1. The van der Waals surface area contributed by atoms with Crippen LogP contribution < -0.4 is 5.32 Å². The molecule has 102 valence electrons. The summed E-state index contributed by atoms with van der Waals surface area (Å²) in [4.78, 5) is 30.4. The van der Waals surface area contributed by atoms with E-state index >= 15 is 0 Å². The van der Waals surface area contributed by atoms with E-state index in [9.17, 15) is 14.7 Å². The summed E-state index contributed by atoms with van der Waals surface area (Å²) in [5.74, 6) is -2.34. The first kappa shape index (κ1) is 13.5. The van der Waals surface area contributed by atoms with Crippen molar-refractivity contribution in [2.45, 2.75) is 6.92 Å². The molecule has 0 saturated carbocycles. The molecule has 0 bridgehead atoms. The van der Waals surface area contributed by atoms with Crippen molar-refractivity contribution in [3.63, 3.8) is 0 Å². The summed E-state index contributed by atoms with van der Waals surface area (Å²) in [6, 6.07) is 4.53. The number of hydrogen-bond acceptors (Lipinski definition) is 5. The van der Waals surface area contributed by atoms with E-state index in [2.05, 4.69) is 15.3 Å². The number of phenolic OH excluding ortho intramolecular Hbond substituents is 1. The number of aryl methyl sites for hydroxylation is 1. The number of carbonyl (C=O) groups excluding carboxylic acids is 1. The van der Waals surface area contributed by atoms with Gasteiger partial charge < -0.3 is 15.5 Å². The number of hydrogen-bond donors (Lipinski definition) is 3. The van der Waals surface area contributed by atoms with Gasteiger partial charge in [0.15, 0.2) is 11.5 Å². The average molecular weight is 273 g/mol. The number of anilines is 1. The molecule has 0 atom stereocenters. The third-order valence-electron chi connectivity index (χ3n) is 2.53. The van der Waals surface area contributed by atoms with Crippen LogP contribution in [0.15, 0.2) is 30.6 Å². The lowest BCUT2D eigenvalue weighted by Gasteiger charge is -2.08. The molecule has 1 aromatic heterocycles. The Morgan fingerprint density at radius 1 is 1.20 bits per heavy atom. The molecule has 0 radical (unpaired) electrons. The van der Waals surface area contributed by atoms with Gasteiger partial charge in [-0.15, -0.1) is 0 Å². The summed E-state index contributed by atoms with van der Waals surface area (Å²) in [5.41, 5.74) is 0.450. The molecule has 2 aromatic rings. The minimum Gasteiger partial charge on any atom is -0.507 e. The number of aromatic carboxylic acids is 1. The summed E-state index contributed by atoms with van der Waals surface area (Å²) in [7, 11) is 0. The maximum atomic E-state index is 12.0. The number of nitrogens with one attached hydrogen (secondary N) is 1. The third-order valence-corrected chi connectivity index (χ3v) is 2.53. The van der Waals surface area contributed by atoms with Crippen molar-refractivity contribution in [2.75, 3.05) is 5.32 Å². The van der Waals surface area contributed by atoms with Crippen LogP contribution in [0.1, 0.15) is 26.4 Å². The highest BCUT2D eigenvalue weighted by Gasteiger charge is 2.17. The number of carboxylic acid groups (broad SMARTS) is 1. The van der Waals surface area contributed by atoms with Gasteiger partial charge >= 0.3 is 5.97 Å². The molecule has 0 aliphatic carbocycles. The van der Waals surface area contributed by atoms with E-state index in [1.807, 2.05) is 0 Å². The number of carbonyl (C=O) groups is 2. The minimum atomic E-state index is -1.30. The number of amides is 1. The molecule has 20 heavy (non-hydrogen) atoms. The second-order valence-electron chi connectivity index (χ2n) is 4.03. The quantitative estimate of drug-likeness (QED) is 0.780. The second-order valence-corrected chi connectivity index (χ2v) is 4.03. The topological polar surface area (TPSA) is 112 Å². The second kappa shape index (κ2) is 5.35. The van der Waals surface area contributed by atoms with Gasteiger partial charge in [0.2, 0.25) is 0 Å². The smallest absolute Gasteiger partial charge is 0.358 e. The molecule has 3 N–H and O–H groups in total. The summed E-state index contributed by atoms with van der Waals surface area (Å²) in [6.07, 6.45) is 2.47. The van der Waals surface area contributed by atoms with Crippen molar-refractivity contribution in [2.24, 2.45) is 0 Å². The zero-order valence-corrected chi connectivity index (χ0v) is 10.5. The van der Waals surface area contributed by atoms with Crippen molar-refractivity contribution < 1.29 is 19.8 Å². The van der Waals surface area contributed by atoms with Crippen molar-refractivity contribution >= 4 is 17.7 Å². The zero-order chi connectivity index (χ0) is 14.7. The van der Waals surface area contributed by atoms with Gasteiger partial charge in [0.1, 0.15) is 5.75 Å². The van der Waals surface area contributed by atoms with Crippen LogP contribution in [0.2, 0.25) is 0 Å². The van der Waals surface area contributed by atoms with E-state index in [0.29, 0.717) is 0 Å². The van der Waals surface area contributed by atoms with E-state index in [1.165, 1.54) is 24.5 Å². The van der Waals surface area contributed by atoms with Gasteiger partial charge in [-0.2, -0.15) is 0 Å². The van der Waals surface area contributed by atoms with E-state index in [4.69, 9.17) is 5.11 Å². The van der Waals surface area contributed by atoms with E-state index in [-0.39, 0.29) is 22.8 Å². The fourth-order valence-electron chi connectivity index (χ4n) is 1.59. The zero-order valence-electron chi connectivity index (χ0n) is 10.5. The number of benzene rings is 1. The highest BCUT2D eigenvalue weighted by atomic mass is 16.4. The molecular formula is C13H11N3O4. The minimum absolute atomic E-state index is 0.0343. The molecule has 1 heterocycles. The van der Waals surface area contributed by atoms with Gasteiger partial charge in [-0.25, -0.2) is 14.8 Å². The van der Waals surface area contributed by atoms with Gasteiger partial charge in [0.25, 0.3) is 5.91 Å². The summed E-state index contributed by atoms with van der Waals surface area (Å²) in [6.45, 7) is 1.77. The molecule has 0 unspecified atom stereocenters. The number of carboxylic acids is 1. The SMILES string of the molecule is Cc1ccc(O)c(C(=O)Nc2nccnc2C(=O)O)c1. The number of nitrogens with zero attached hydrogens (tertiary/aromatic N) is 2. The number of aromatic nitrogens is 2. The monoisotopic (exact) mass is 273 g/mol. The van der Waals surface area contributed by atoms with Crippen LogP contribution in [0.4, 0.5) is 5.82 Å². The lowest BCUT2D eigenvalue weighted by atomic mass is 10.1. The Balaban J connectivity index is 2.33. The average Bonchev–Trinajstić information content (AvgIpc) is 2.41. The molecule has 0 saturated heterocycles. The highest BCUT2D eigenvalue weighted by molar-refractivity contribution is 6.07. The Morgan fingerprint density at radius 3 is 2.60 bits per heavy atom. The highest BCUT2D eigenvalue weighted by Crippen LogP contribution is 2.20. The van der Waals surface area contributed by atoms with Crippen molar-refractivity contribution in [3.8, 4) is 5.75 Å². The van der Waals surface area contributed by atoms with Crippen LogP contribution in [0, 0.1) is 6.92 Å². The lowest BCUT2D eigenvalue weighted by molar-refractivity contribution is 0.0691. The van der Waals surface area contributed by atoms with Crippen LogP contribution in [0.25, 0.3) is 0 Å². The van der Waals surface area contributed by atoms with Crippen LogP contribution in [0.3, 0.4) is 0 Å². The van der Waals surface area contributed by atoms with Crippen LogP contribution in [-0.2, 0) is 0 Å². The maximum Gasteiger partial charge on any atom is 0.358 e. The molecule has 0 fully saturated rings. The predicted molar refractivity (Wildman–Crippen MR) is 69.8 cm³/mol. The van der Waals surface area contributed by atoms with Crippen molar-refractivity contribution in [1.29, 1.82) is 0 Å². The first-order valence-electron chi connectivity index (χ1n) is 5.64. The molecule has 7 nitrogen and oxygen atoms in total. The van der Waals surface area contributed by atoms with Crippen LogP contribution >= 0.6 is 0 Å². The summed E-state index contributed by atoms with van der Waals surface area (Å²) < 4.78 is 0. The van der Waals surface area contributed by atoms with E-state index in [1.54, 1.807) is 13.0 Å². The molecule has 2 rings (SSSR count). The summed E-state index contributed by atoms with van der Waals surface area (Å²) >= 11 is 0. The van der Waals surface area contributed by atoms with Gasteiger partial charge in [0.05, 0.1) is 5.56 Å². The third kappa shape index (κ3) is 2.72. The first-order valence-corrected chi connectivity index (χ1v) is 5.64. The van der Waals surface area contributed by atoms with Gasteiger partial charge in [-0.1, -0.05) is 11.6 Å². The maximum absolute atomic E-state index is 12.0. The van der Waals surface area contributed by atoms with Gasteiger partial charge in [0, 0.05) is 12.4 Å². The van der Waals surface area contributed by atoms with Crippen LogP contribution in [-0.4, -0.2) is 32.1 Å². The lowest BCUT2D eigenvalue weighted by Crippen LogP contribution is -2.17. The van der Waals surface area contributed by atoms with Crippen LogP contribution in [0.5, 0.6) is 5.75 Å².